The molecule has 2 saturated carbocycles. The highest BCUT2D eigenvalue weighted by Crippen LogP contribution is 2.44. The number of nitrogens with zero attached hydrogens (tertiary/aromatic N) is 1. The van der Waals surface area contributed by atoms with E-state index in [1.807, 2.05) is 6.07 Å². The molecule has 7 nitrogen and oxygen atoms in total. The SMILES string of the molecule is CON=C(C1CCCCC1)[C@@H]1[C@@H](C/C=C\CCCC(=O)OC)[C@@H](OCc2ccc(-c3ccccc3)cc2)C[C@H]1OC1CCCCO1. The van der Waals surface area contributed by atoms with E-state index in [-0.39, 0.29) is 36.3 Å². The number of hydrogen-bond acceptors (Lipinski definition) is 7. The number of benzene rings is 2. The summed E-state index contributed by atoms with van der Waals surface area (Å²) in [6, 6.07) is 19.2. The standard InChI is InChI=1S/C39H53NO6/c1-42-36(41)20-12-4-3-11-19-33-34(45-28-29-22-24-31(25-23-29)30-15-7-5-8-16-30)27-35(46-37-21-13-14-26-44-37)38(33)39(40-43-2)32-17-9-6-10-18-32/h3,5,7-8,11,15-16,22-25,32-35,37-38H,4,6,9-10,12-14,17-21,26-28H2,1-2H3/b11-3-,40-39?/t33-,34-,35+,37?,38+/m0/s1. The summed E-state index contributed by atoms with van der Waals surface area (Å²) < 4.78 is 24.6. The Morgan fingerprint density at radius 1 is 0.891 bits per heavy atom. The molecule has 0 spiro atoms. The van der Waals surface area contributed by atoms with E-state index in [9.17, 15) is 4.79 Å². The zero-order valence-electron chi connectivity index (χ0n) is 27.8. The van der Waals surface area contributed by atoms with Gasteiger partial charge in [0.25, 0.3) is 0 Å². The Morgan fingerprint density at radius 3 is 2.37 bits per heavy atom. The molecule has 1 unspecified atom stereocenters. The molecule has 0 bridgehead atoms. The first-order valence-corrected chi connectivity index (χ1v) is 17.5. The van der Waals surface area contributed by atoms with Gasteiger partial charge in [-0.3, -0.25) is 4.79 Å². The van der Waals surface area contributed by atoms with Crippen LogP contribution >= 0.6 is 0 Å². The van der Waals surface area contributed by atoms with Crippen molar-refractivity contribution >= 4 is 11.7 Å². The first kappa shape index (κ1) is 34.3. The number of esters is 1. The fourth-order valence-electron chi connectivity index (χ4n) is 7.49. The van der Waals surface area contributed by atoms with Gasteiger partial charge in [0.05, 0.1) is 31.6 Å². The monoisotopic (exact) mass is 631 g/mol. The highest BCUT2D eigenvalue weighted by molar-refractivity contribution is 5.90. The summed E-state index contributed by atoms with van der Waals surface area (Å²) in [5, 5.41) is 4.77. The van der Waals surface area contributed by atoms with Crippen molar-refractivity contribution in [2.75, 3.05) is 20.8 Å². The Hall–Kier alpha value is -3.00. The van der Waals surface area contributed by atoms with Crippen molar-refractivity contribution in [1.82, 2.24) is 0 Å². The van der Waals surface area contributed by atoms with Crippen LogP contribution in [0.5, 0.6) is 0 Å². The van der Waals surface area contributed by atoms with Gasteiger partial charge >= 0.3 is 5.97 Å². The molecule has 0 aromatic heterocycles. The molecule has 0 amide bonds. The van der Waals surface area contributed by atoms with Gasteiger partial charge in [0, 0.05) is 31.3 Å². The number of unbranched alkanes of at least 4 members (excludes halogenated alkanes) is 1. The molecule has 3 aliphatic rings. The number of methoxy groups -OCH3 is 1. The van der Waals surface area contributed by atoms with E-state index in [1.54, 1.807) is 7.11 Å². The van der Waals surface area contributed by atoms with E-state index in [4.69, 9.17) is 28.9 Å². The molecule has 1 aliphatic heterocycles. The van der Waals surface area contributed by atoms with Gasteiger partial charge in [-0.1, -0.05) is 91.2 Å². The van der Waals surface area contributed by atoms with Crippen LogP contribution in [0.1, 0.15) is 89.0 Å². The van der Waals surface area contributed by atoms with Crippen LogP contribution in [-0.4, -0.2) is 51.0 Å². The summed E-state index contributed by atoms with van der Waals surface area (Å²) in [5.41, 5.74) is 4.72. The lowest BCUT2D eigenvalue weighted by Crippen LogP contribution is -2.39. The predicted molar refractivity (Wildman–Crippen MR) is 181 cm³/mol. The smallest absolute Gasteiger partial charge is 0.305 e. The van der Waals surface area contributed by atoms with Gasteiger partial charge in [-0.2, -0.15) is 0 Å². The van der Waals surface area contributed by atoms with Crippen molar-refractivity contribution in [2.45, 2.75) is 109 Å². The molecule has 1 saturated heterocycles. The van der Waals surface area contributed by atoms with Crippen molar-refractivity contribution < 1.29 is 28.6 Å². The van der Waals surface area contributed by atoms with Gasteiger partial charge in [0.2, 0.25) is 0 Å². The number of rotatable bonds is 15. The molecule has 5 rings (SSSR count). The highest BCUT2D eigenvalue weighted by Gasteiger charge is 2.49. The van der Waals surface area contributed by atoms with Crippen molar-refractivity contribution in [3.8, 4) is 11.1 Å². The summed E-state index contributed by atoms with van der Waals surface area (Å²) in [4.78, 5) is 17.2. The molecular formula is C39H53NO6. The summed E-state index contributed by atoms with van der Waals surface area (Å²) in [6.45, 7) is 1.29. The summed E-state index contributed by atoms with van der Waals surface area (Å²) in [5.74, 6) is 0.504. The average Bonchev–Trinajstić information content (AvgIpc) is 3.44. The minimum atomic E-state index is -0.185. The van der Waals surface area contributed by atoms with E-state index < -0.39 is 0 Å². The Balaban J connectivity index is 1.36. The second-order valence-corrected chi connectivity index (χ2v) is 13.0. The highest BCUT2D eigenvalue weighted by atomic mass is 16.7. The fraction of sp³-hybridized carbons (Fsp3) is 0.590. The third-order valence-electron chi connectivity index (χ3n) is 9.91. The summed E-state index contributed by atoms with van der Waals surface area (Å²) in [6.07, 6.45) is 17.1. The van der Waals surface area contributed by atoms with Crippen molar-refractivity contribution in [2.24, 2.45) is 22.9 Å². The van der Waals surface area contributed by atoms with Crippen LogP contribution in [-0.2, 0) is 35.2 Å². The van der Waals surface area contributed by atoms with Crippen LogP contribution in [0.3, 0.4) is 0 Å². The van der Waals surface area contributed by atoms with Crippen LogP contribution < -0.4 is 0 Å². The molecule has 0 N–H and O–H groups in total. The van der Waals surface area contributed by atoms with E-state index in [0.717, 1.165) is 75.7 Å². The second kappa shape index (κ2) is 18.4. The summed E-state index contributed by atoms with van der Waals surface area (Å²) >= 11 is 0. The quantitative estimate of drug-likeness (QED) is 0.0644. The summed E-state index contributed by atoms with van der Waals surface area (Å²) in [7, 11) is 3.11. The van der Waals surface area contributed by atoms with Crippen LogP contribution in [0.25, 0.3) is 11.1 Å². The van der Waals surface area contributed by atoms with Gasteiger partial charge in [0.15, 0.2) is 6.29 Å². The van der Waals surface area contributed by atoms with E-state index in [0.29, 0.717) is 18.9 Å². The molecule has 46 heavy (non-hydrogen) atoms. The molecule has 3 fully saturated rings. The van der Waals surface area contributed by atoms with E-state index in [1.165, 1.54) is 37.5 Å². The maximum Gasteiger partial charge on any atom is 0.305 e. The molecule has 2 aliphatic carbocycles. The van der Waals surface area contributed by atoms with Crippen LogP contribution in [0.2, 0.25) is 0 Å². The topological polar surface area (TPSA) is 75.6 Å². The molecule has 1 heterocycles. The van der Waals surface area contributed by atoms with E-state index >= 15 is 0 Å². The second-order valence-electron chi connectivity index (χ2n) is 13.0. The van der Waals surface area contributed by atoms with Gasteiger partial charge in [0.1, 0.15) is 7.11 Å². The molecule has 0 radical (unpaired) electrons. The van der Waals surface area contributed by atoms with Crippen LogP contribution in [0, 0.1) is 17.8 Å². The molecule has 7 heteroatoms. The van der Waals surface area contributed by atoms with Crippen LogP contribution in [0.15, 0.2) is 71.9 Å². The normalized spacial score (nSPS) is 26.0. The average molecular weight is 632 g/mol. The van der Waals surface area contributed by atoms with Gasteiger partial charge in [-0.15, -0.1) is 0 Å². The minimum Gasteiger partial charge on any atom is -0.469 e. The Bertz CT molecular complexity index is 1230. The van der Waals surface area contributed by atoms with Gasteiger partial charge in [-0.25, -0.2) is 0 Å². The number of hydrogen-bond donors (Lipinski definition) is 0. The zero-order chi connectivity index (χ0) is 32.0. The van der Waals surface area contributed by atoms with Crippen LogP contribution in [0.4, 0.5) is 0 Å². The minimum absolute atomic E-state index is 0.00208. The van der Waals surface area contributed by atoms with Crippen molar-refractivity contribution in [3.63, 3.8) is 0 Å². The third-order valence-corrected chi connectivity index (χ3v) is 9.91. The third kappa shape index (κ3) is 9.76. The predicted octanol–water partition coefficient (Wildman–Crippen LogP) is 8.66. The Morgan fingerprint density at radius 2 is 1.65 bits per heavy atom. The molecular weight excluding hydrogens is 578 g/mol. The molecule has 2 aromatic rings. The van der Waals surface area contributed by atoms with Gasteiger partial charge in [-0.05, 0) is 74.0 Å². The molecule has 250 valence electrons. The first-order chi connectivity index (χ1) is 22.7. The number of carbonyl (C=O) groups excluding carboxylic acids is 1. The Labute approximate surface area is 275 Å². The maximum atomic E-state index is 11.6. The molecule has 2 aromatic carbocycles. The lowest BCUT2D eigenvalue weighted by molar-refractivity contribution is -0.192. The van der Waals surface area contributed by atoms with Gasteiger partial charge < -0.3 is 23.8 Å². The maximum absolute atomic E-state index is 11.6. The fourth-order valence-corrected chi connectivity index (χ4v) is 7.49. The number of ether oxygens (including phenoxy) is 4. The molecule has 5 atom stereocenters. The van der Waals surface area contributed by atoms with Crippen molar-refractivity contribution in [1.29, 1.82) is 0 Å². The first-order valence-electron chi connectivity index (χ1n) is 17.5. The number of allylic oxidation sites excluding steroid dienone is 2. The lowest BCUT2D eigenvalue weighted by Gasteiger charge is -2.34. The number of carbonyl (C=O) groups is 1. The largest absolute Gasteiger partial charge is 0.469 e. The lowest BCUT2D eigenvalue weighted by atomic mass is 9.76. The zero-order valence-corrected chi connectivity index (χ0v) is 27.8. The number of oxime groups is 1. The van der Waals surface area contributed by atoms with E-state index in [2.05, 4.69) is 60.7 Å². The van der Waals surface area contributed by atoms with Crippen molar-refractivity contribution in [3.05, 3.63) is 72.3 Å². The Kier molecular flexibility index (Phi) is 13.7.